The summed E-state index contributed by atoms with van der Waals surface area (Å²) in [5.74, 6) is 0.0828. The number of amides is 1. The fraction of sp³-hybridized carbons (Fsp3) is 0.522. The molecule has 0 radical (unpaired) electrons. The van der Waals surface area contributed by atoms with E-state index in [1.807, 2.05) is 30.5 Å². The molecule has 1 atom stereocenters. The van der Waals surface area contributed by atoms with Crippen LogP contribution in [0.15, 0.2) is 29.2 Å². The predicted molar refractivity (Wildman–Crippen MR) is 135 cm³/mol. The van der Waals surface area contributed by atoms with Crippen LogP contribution in [0.3, 0.4) is 0 Å². The highest BCUT2D eigenvalue weighted by molar-refractivity contribution is 8.26. The third-order valence-electron chi connectivity index (χ3n) is 4.96. The minimum atomic E-state index is -1.03. The molecule has 1 N–H and O–H groups in total. The Kier molecular flexibility index (Phi) is 11.5. The van der Waals surface area contributed by atoms with Crippen LogP contribution in [0.25, 0.3) is 6.08 Å². The lowest BCUT2D eigenvalue weighted by atomic mass is 10.1. The Balaban J connectivity index is 1.92. The molecule has 2 rings (SSSR count). The number of unbranched alkanes of at least 4 members (excludes halogenated alkanes) is 5. The van der Waals surface area contributed by atoms with Gasteiger partial charge in [-0.15, -0.1) is 0 Å². The van der Waals surface area contributed by atoms with Gasteiger partial charge in [0.2, 0.25) is 0 Å². The van der Waals surface area contributed by atoms with Gasteiger partial charge in [0.25, 0.3) is 5.91 Å². The summed E-state index contributed by atoms with van der Waals surface area (Å²) in [4.78, 5) is 26.2. The summed E-state index contributed by atoms with van der Waals surface area (Å²) >= 11 is 8.01. The summed E-state index contributed by atoms with van der Waals surface area (Å²) in [7, 11) is 0. The molecule has 170 valence electrons. The summed E-state index contributed by atoms with van der Waals surface area (Å²) in [5, 5.41) is 9.54. The highest BCUT2D eigenvalue weighted by Crippen LogP contribution is 2.35. The van der Waals surface area contributed by atoms with E-state index in [0.29, 0.717) is 28.0 Å². The molecule has 1 aliphatic heterocycles. The predicted octanol–water partition coefficient (Wildman–Crippen LogP) is 5.83. The first-order chi connectivity index (χ1) is 15.0. The number of carbonyl (C=O) groups excluding carboxylic acids is 1. The number of hydrogen-bond donors (Lipinski definition) is 1. The van der Waals surface area contributed by atoms with Crippen LogP contribution in [-0.4, -0.2) is 50.9 Å². The van der Waals surface area contributed by atoms with Crippen LogP contribution in [0.1, 0.15) is 57.4 Å². The van der Waals surface area contributed by atoms with Gasteiger partial charge in [-0.3, -0.25) is 9.69 Å². The van der Waals surface area contributed by atoms with Gasteiger partial charge in [-0.25, -0.2) is 4.79 Å². The van der Waals surface area contributed by atoms with Gasteiger partial charge in [0, 0.05) is 0 Å². The number of carboxylic acid groups (broad SMARTS) is 1. The van der Waals surface area contributed by atoms with Gasteiger partial charge in [-0.1, -0.05) is 75.1 Å². The summed E-state index contributed by atoms with van der Waals surface area (Å²) in [6.45, 7) is 2.92. The lowest BCUT2D eigenvalue weighted by Gasteiger charge is -2.22. The number of carboxylic acids is 1. The second-order valence-electron chi connectivity index (χ2n) is 7.37. The van der Waals surface area contributed by atoms with E-state index in [0.717, 1.165) is 29.5 Å². The summed E-state index contributed by atoms with van der Waals surface area (Å²) in [6, 6.07) is 6.64. The Labute approximate surface area is 199 Å². The van der Waals surface area contributed by atoms with Crippen molar-refractivity contribution in [3.8, 4) is 5.75 Å². The molecule has 5 nitrogen and oxygen atoms in total. The van der Waals surface area contributed by atoms with E-state index in [4.69, 9.17) is 17.0 Å². The Morgan fingerprint density at radius 1 is 1.23 bits per heavy atom. The Morgan fingerprint density at radius 2 is 1.90 bits per heavy atom. The molecule has 1 heterocycles. The van der Waals surface area contributed by atoms with E-state index < -0.39 is 12.0 Å². The monoisotopic (exact) mass is 481 g/mol. The third kappa shape index (κ3) is 8.16. The van der Waals surface area contributed by atoms with E-state index in [1.54, 1.807) is 17.8 Å². The molecular weight excluding hydrogens is 450 g/mol. The minimum Gasteiger partial charge on any atom is -0.494 e. The number of thioether (sulfide) groups is 2. The van der Waals surface area contributed by atoms with Crippen LogP contribution < -0.4 is 4.74 Å². The number of rotatable bonds is 14. The molecule has 31 heavy (non-hydrogen) atoms. The number of thiocarbonyl (C=S) groups is 1. The number of nitrogens with zero attached hydrogens (tertiary/aromatic N) is 1. The first kappa shape index (κ1) is 25.7. The van der Waals surface area contributed by atoms with Crippen molar-refractivity contribution in [3.63, 3.8) is 0 Å². The van der Waals surface area contributed by atoms with Crippen molar-refractivity contribution in [3.05, 3.63) is 34.7 Å². The van der Waals surface area contributed by atoms with Crippen molar-refractivity contribution in [1.82, 2.24) is 4.90 Å². The largest absolute Gasteiger partial charge is 0.494 e. The van der Waals surface area contributed by atoms with Crippen LogP contribution in [0.4, 0.5) is 0 Å². The molecular formula is C23H31NO4S3. The zero-order valence-electron chi connectivity index (χ0n) is 18.2. The molecule has 0 aliphatic carbocycles. The fourth-order valence-corrected chi connectivity index (χ4v) is 5.04. The molecule has 8 heteroatoms. The Bertz CT molecular complexity index is 780. The average Bonchev–Trinajstić information content (AvgIpc) is 3.02. The van der Waals surface area contributed by atoms with E-state index >= 15 is 0 Å². The first-order valence-corrected chi connectivity index (χ1v) is 13.3. The zero-order chi connectivity index (χ0) is 22.6. The van der Waals surface area contributed by atoms with Crippen molar-refractivity contribution in [2.24, 2.45) is 0 Å². The van der Waals surface area contributed by atoms with Gasteiger partial charge in [0.05, 0.1) is 11.5 Å². The molecule has 1 aromatic carbocycles. The van der Waals surface area contributed by atoms with E-state index in [9.17, 15) is 14.7 Å². The maximum atomic E-state index is 12.8. The molecule has 0 unspecified atom stereocenters. The number of carbonyl (C=O) groups is 2. The van der Waals surface area contributed by atoms with Crippen LogP contribution in [0.2, 0.25) is 0 Å². The molecule has 1 fully saturated rings. The summed E-state index contributed by atoms with van der Waals surface area (Å²) < 4.78 is 6.09. The second kappa shape index (κ2) is 13.8. The lowest BCUT2D eigenvalue weighted by Crippen LogP contribution is -2.44. The standard InChI is InChI=1S/C23H31NO4S3/c1-3-4-5-6-7-8-14-28-18-11-9-17(10-12-18)16-20-21(25)24(23(29)31-20)19(22(26)27)13-15-30-2/h9-12,16,19H,3-8,13-15H2,1-2H3,(H,26,27)/b20-16+/t19-/m0/s1. The molecule has 1 amide bonds. The highest BCUT2D eigenvalue weighted by atomic mass is 32.2. The minimum absolute atomic E-state index is 0.295. The van der Waals surface area contributed by atoms with Crippen molar-refractivity contribution in [1.29, 1.82) is 0 Å². The van der Waals surface area contributed by atoms with E-state index in [1.165, 1.54) is 37.0 Å². The van der Waals surface area contributed by atoms with Gasteiger partial charge in [-0.2, -0.15) is 11.8 Å². The molecule has 0 aromatic heterocycles. The normalized spacial score (nSPS) is 16.2. The Hall–Kier alpha value is -1.51. The smallest absolute Gasteiger partial charge is 0.326 e. The lowest BCUT2D eigenvalue weighted by molar-refractivity contribution is -0.145. The first-order valence-electron chi connectivity index (χ1n) is 10.7. The Morgan fingerprint density at radius 3 is 2.55 bits per heavy atom. The number of hydrogen-bond acceptors (Lipinski definition) is 6. The molecule has 1 saturated heterocycles. The van der Waals surface area contributed by atoms with Crippen LogP contribution in [0.5, 0.6) is 5.75 Å². The second-order valence-corrected chi connectivity index (χ2v) is 10.0. The number of ether oxygens (including phenoxy) is 1. The van der Waals surface area contributed by atoms with Crippen molar-refractivity contribution in [2.45, 2.75) is 57.9 Å². The van der Waals surface area contributed by atoms with Crippen molar-refractivity contribution in [2.75, 3.05) is 18.6 Å². The average molecular weight is 482 g/mol. The molecule has 1 aromatic rings. The van der Waals surface area contributed by atoms with Gasteiger partial charge in [0.1, 0.15) is 16.1 Å². The quantitative estimate of drug-likeness (QED) is 0.204. The summed E-state index contributed by atoms with van der Waals surface area (Å²) in [5.41, 5.74) is 0.850. The third-order valence-corrected chi connectivity index (χ3v) is 6.93. The van der Waals surface area contributed by atoms with Crippen molar-refractivity contribution >= 4 is 58.0 Å². The molecule has 0 bridgehead atoms. The van der Waals surface area contributed by atoms with E-state index in [-0.39, 0.29) is 5.91 Å². The fourth-order valence-electron chi connectivity index (χ4n) is 3.23. The topological polar surface area (TPSA) is 66.8 Å². The number of benzene rings is 1. The molecule has 1 aliphatic rings. The molecule has 0 saturated carbocycles. The van der Waals surface area contributed by atoms with Crippen LogP contribution >= 0.6 is 35.7 Å². The van der Waals surface area contributed by atoms with Crippen LogP contribution in [-0.2, 0) is 9.59 Å². The maximum absolute atomic E-state index is 12.8. The summed E-state index contributed by atoms with van der Waals surface area (Å²) in [6.07, 6.45) is 11.4. The van der Waals surface area contributed by atoms with Gasteiger partial charge in [-0.05, 0) is 48.6 Å². The maximum Gasteiger partial charge on any atom is 0.326 e. The zero-order valence-corrected chi connectivity index (χ0v) is 20.6. The van der Waals surface area contributed by atoms with Gasteiger partial charge >= 0.3 is 5.97 Å². The SMILES string of the molecule is CCCCCCCCOc1ccc(/C=C2/SC(=S)N([C@@H](CCSC)C(=O)O)C2=O)cc1. The highest BCUT2D eigenvalue weighted by Gasteiger charge is 2.40. The molecule has 0 spiro atoms. The van der Waals surface area contributed by atoms with Crippen molar-refractivity contribution < 1.29 is 19.4 Å². The van der Waals surface area contributed by atoms with Crippen LogP contribution in [0, 0.1) is 0 Å². The number of aliphatic carboxylic acids is 1. The van der Waals surface area contributed by atoms with E-state index in [2.05, 4.69) is 6.92 Å². The van der Waals surface area contributed by atoms with Gasteiger partial charge in [0.15, 0.2) is 0 Å². The van der Waals surface area contributed by atoms with Gasteiger partial charge < -0.3 is 9.84 Å².